The molecule has 54 heavy (non-hydrogen) atoms. The summed E-state index contributed by atoms with van der Waals surface area (Å²) in [6.45, 7) is 0. The van der Waals surface area contributed by atoms with E-state index in [0.717, 1.165) is 28.1 Å². The Labute approximate surface area is 315 Å². The van der Waals surface area contributed by atoms with E-state index >= 15 is 0 Å². The molecule has 4 heteroatoms. The van der Waals surface area contributed by atoms with Gasteiger partial charge in [-0.1, -0.05) is 146 Å². The maximum Gasteiger partial charge on any atom is 0.162 e. The van der Waals surface area contributed by atoms with Crippen molar-refractivity contribution in [3.63, 3.8) is 0 Å². The molecule has 0 N–H and O–H groups in total. The number of hydrogen-bond acceptors (Lipinski definition) is 4. The average Bonchev–Trinajstić information content (AvgIpc) is 3.76. The average molecular weight is 693 g/mol. The molecule has 4 nitrogen and oxygen atoms in total. The van der Waals surface area contributed by atoms with E-state index < -0.39 is 0 Å². The SMILES string of the molecule is C1=CC2c3cc(-c4ccc5c(c4)C4C=CC=CC4N5c4nc(-c5ccc(-c6ccccc6)cc5)nc5ccccc45)ccc3N(c3ccccc3)C2C=C1. The van der Waals surface area contributed by atoms with Gasteiger partial charge in [0, 0.05) is 39.8 Å². The third kappa shape index (κ3) is 4.91. The van der Waals surface area contributed by atoms with Crippen LogP contribution in [0.5, 0.6) is 0 Å². The number of aromatic nitrogens is 2. The Bertz CT molecular complexity index is 2690. The highest BCUT2D eigenvalue weighted by atomic mass is 15.3. The molecule has 0 radical (unpaired) electrons. The molecule has 256 valence electrons. The first-order valence-electron chi connectivity index (χ1n) is 18.8. The number of para-hydroxylation sites is 2. The molecule has 4 aliphatic rings. The van der Waals surface area contributed by atoms with Crippen molar-refractivity contribution in [2.75, 3.05) is 9.80 Å². The van der Waals surface area contributed by atoms with Gasteiger partial charge in [-0.3, -0.25) is 0 Å². The molecule has 1 aromatic heterocycles. The predicted molar refractivity (Wildman–Crippen MR) is 223 cm³/mol. The Hall–Kier alpha value is -6.78. The summed E-state index contributed by atoms with van der Waals surface area (Å²) in [4.78, 5) is 15.4. The van der Waals surface area contributed by atoms with Crippen molar-refractivity contribution in [1.82, 2.24) is 9.97 Å². The summed E-state index contributed by atoms with van der Waals surface area (Å²) in [7, 11) is 0. The first-order chi connectivity index (χ1) is 26.8. The topological polar surface area (TPSA) is 32.3 Å². The van der Waals surface area contributed by atoms with Crippen molar-refractivity contribution in [1.29, 1.82) is 0 Å². The molecular formula is C50H36N4. The zero-order valence-electron chi connectivity index (χ0n) is 29.6. The van der Waals surface area contributed by atoms with Gasteiger partial charge >= 0.3 is 0 Å². The van der Waals surface area contributed by atoms with E-state index in [4.69, 9.17) is 9.97 Å². The second-order valence-electron chi connectivity index (χ2n) is 14.5. The minimum absolute atomic E-state index is 0.103. The summed E-state index contributed by atoms with van der Waals surface area (Å²) in [6.07, 6.45) is 18.1. The highest BCUT2D eigenvalue weighted by Crippen LogP contribution is 2.52. The summed E-state index contributed by atoms with van der Waals surface area (Å²) >= 11 is 0. The van der Waals surface area contributed by atoms with Gasteiger partial charge in [-0.25, -0.2) is 9.97 Å². The second kappa shape index (κ2) is 12.4. The number of rotatable bonds is 5. The van der Waals surface area contributed by atoms with Gasteiger partial charge in [0.1, 0.15) is 5.82 Å². The van der Waals surface area contributed by atoms with Crippen LogP contribution >= 0.6 is 0 Å². The molecule has 0 fully saturated rings. The Morgan fingerprint density at radius 1 is 0.407 bits per heavy atom. The smallest absolute Gasteiger partial charge is 0.162 e. The third-order valence-corrected chi connectivity index (χ3v) is 11.5. The van der Waals surface area contributed by atoms with Gasteiger partial charge in [0.05, 0.1) is 17.6 Å². The van der Waals surface area contributed by atoms with E-state index in [-0.39, 0.29) is 18.0 Å². The van der Waals surface area contributed by atoms with Gasteiger partial charge in [0.2, 0.25) is 0 Å². The number of hydrogen-bond donors (Lipinski definition) is 0. The normalized spacial score (nSPS) is 20.2. The molecular weight excluding hydrogens is 657 g/mol. The van der Waals surface area contributed by atoms with E-state index in [9.17, 15) is 0 Å². The number of fused-ring (bicyclic) bond motifs is 7. The number of allylic oxidation sites excluding steroid dienone is 4. The van der Waals surface area contributed by atoms with E-state index in [1.165, 1.54) is 50.4 Å². The molecule has 0 amide bonds. The number of nitrogens with zero attached hydrogens (tertiary/aromatic N) is 4. The van der Waals surface area contributed by atoms with Crippen molar-refractivity contribution in [2.45, 2.75) is 23.9 Å². The Balaban J connectivity index is 1.00. The lowest BCUT2D eigenvalue weighted by Crippen LogP contribution is -2.29. The molecule has 0 saturated carbocycles. The largest absolute Gasteiger partial charge is 0.333 e. The quantitative estimate of drug-likeness (QED) is 0.180. The summed E-state index contributed by atoms with van der Waals surface area (Å²) in [6, 6.07) is 52.7. The first kappa shape index (κ1) is 30.8. The first-order valence-corrected chi connectivity index (χ1v) is 18.8. The summed E-state index contributed by atoms with van der Waals surface area (Å²) in [5.41, 5.74) is 13.2. The van der Waals surface area contributed by atoms with E-state index in [1.807, 2.05) is 0 Å². The lowest BCUT2D eigenvalue weighted by atomic mass is 9.88. The van der Waals surface area contributed by atoms with Gasteiger partial charge in [-0.2, -0.15) is 0 Å². The molecule has 6 aromatic carbocycles. The molecule has 4 atom stereocenters. The van der Waals surface area contributed by atoms with Crippen LogP contribution in [-0.2, 0) is 0 Å². The molecule has 2 aliphatic carbocycles. The Morgan fingerprint density at radius 2 is 0.926 bits per heavy atom. The van der Waals surface area contributed by atoms with Crippen LogP contribution in [0.25, 0.3) is 44.5 Å². The van der Waals surface area contributed by atoms with Crippen molar-refractivity contribution in [3.8, 4) is 33.6 Å². The van der Waals surface area contributed by atoms with Crippen LogP contribution in [0.3, 0.4) is 0 Å². The second-order valence-corrected chi connectivity index (χ2v) is 14.5. The minimum Gasteiger partial charge on any atom is -0.333 e. The number of benzene rings is 6. The summed E-state index contributed by atoms with van der Waals surface area (Å²) in [5.74, 6) is 2.17. The zero-order valence-corrected chi connectivity index (χ0v) is 29.6. The van der Waals surface area contributed by atoms with E-state index in [1.54, 1.807) is 0 Å². The number of anilines is 4. The molecule has 4 unspecified atom stereocenters. The van der Waals surface area contributed by atoms with Crippen molar-refractivity contribution < 1.29 is 0 Å². The highest BCUT2D eigenvalue weighted by Gasteiger charge is 2.40. The monoisotopic (exact) mass is 692 g/mol. The fraction of sp³-hybridized carbons (Fsp3) is 0.0800. The van der Waals surface area contributed by atoms with Gasteiger partial charge in [-0.15, -0.1) is 0 Å². The van der Waals surface area contributed by atoms with E-state index in [0.29, 0.717) is 5.92 Å². The van der Waals surface area contributed by atoms with Crippen molar-refractivity contribution in [2.24, 2.45) is 0 Å². The van der Waals surface area contributed by atoms with Crippen LogP contribution in [0.1, 0.15) is 23.0 Å². The predicted octanol–water partition coefficient (Wildman–Crippen LogP) is 12.1. The molecule has 0 saturated heterocycles. The standard InChI is InChI=1S/C50H36N4/c1-3-13-33(14-4-1)34-23-25-35(26-24-34)49-51-44-20-10-7-19-41(44)50(52-49)54-46-22-12-9-18-40(46)43-32-37(28-30-48(43)54)36-27-29-47-42(31-36)39-17-8-11-21-45(39)53(47)38-15-5-2-6-16-38/h1-32,39-40,45-46H. The molecule has 2 aliphatic heterocycles. The third-order valence-electron chi connectivity index (χ3n) is 11.5. The Kier molecular flexibility index (Phi) is 7.09. The van der Waals surface area contributed by atoms with Crippen LogP contribution in [0.15, 0.2) is 194 Å². The lowest BCUT2D eigenvalue weighted by Gasteiger charge is -2.29. The lowest BCUT2D eigenvalue weighted by molar-refractivity contribution is 0.740. The minimum atomic E-state index is 0.103. The van der Waals surface area contributed by atoms with Crippen LogP contribution in [-0.4, -0.2) is 22.1 Å². The fourth-order valence-corrected chi connectivity index (χ4v) is 8.99. The molecule has 11 rings (SSSR count). The van der Waals surface area contributed by atoms with Gasteiger partial charge < -0.3 is 9.80 Å². The zero-order chi connectivity index (χ0) is 35.6. The summed E-state index contributed by atoms with van der Waals surface area (Å²) < 4.78 is 0. The molecule has 0 bridgehead atoms. The van der Waals surface area contributed by atoms with E-state index in [2.05, 4.69) is 204 Å². The van der Waals surface area contributed by atoms with Crippen molar-refractivity contribution in [3.05, 3.63) is 205 Å². The van der Waals surface area contributed by atoms with Gasteiger partial charge in [0.25, 0.3) is 0 Å². The molecule has 3 heterocycles. The fourth-order valence-electron chi connectivity index (χ4n) is 8.99. The van der Waals surface area contributed by atoms with Crippen LogP contribution in [0, 0.1) is 0 Å². The molecule has 7 aromatic rings. The van der Waals surface area contributed by atoms with Crippen LogP contribution < -0.4 is 9.80 Å². The summed E-state index contributed by atoms with van der Waals surface area (Å²) in [5, 5.41) is 1.05. The van der Waals surface area contributed by atoms with Crippen molar-refractivity contribution >= 4 is 33.8 Å². The Morgan fingerprint density at radius 3 is 1.61 bits per heavy atom. The van der Waals surface area contributed by atoms with Gasteiger partial charge in [0.15, 0.2) is 5.82 Å². The molecule has 0 spiro atoms. The highest BCUT2D eigenvalue weighted by molar-refractivity contribution is 5.95. The van der Waals surface area contributed by atoms with Gasteiger partial charge in [-0.05, 0) is 81.9 Å². The maximum absolute atomic E-state index is 5.38. The van der Waals surface area contributed by atoms with Crippen LogP contribution in [0.4, 0.5) is 22.9 Å². The van der Waals surface area contributed by atoms with Crippen LogP contribution in [0.2, 0.25) is 0 Å². The maximum atomic E-state index is 5.38.